The molecule has 0 spiro atoms. The number of fused-ring (bicyclic) bond motifs is 1. The second kappa shape index (κ2) is 12.1. The van der Waals surface area contributed by atoms with Crippen molar-refractivity contribution in [2.24, 2.45) is 0 Å². The summed E-state index contributed by atoms with van der Waals surface area (Å²) in [6, 6.07) is 12.1. The van der Waals surface area contributed by atoms with Crippen LogP contribution in [0.3, 0.4) is 0 Å². The minimum absolute atomic E-state index is 0.0411. The van der Waals surface area contributed by atoms with Gasteiger partial charge in [-0.15, -0.1) is 0 Å². The molecule has 1 N–H and O–H groups in total. The summed E-state index contributed by atoms with van der Waals surface area (Å²) in [5.41, 5.74) is 0.529. The number of benzene rings is 2. The van der Waals surface area contributed by atoms with Gasteiger partial charge in [-0.1, -0.05) is 19.1 Å². The Morgan fingerprint density at radius 2 is 1.80 bits per heavy atom. The number of ether oxygens (including phenoxy) is 4. The standard InChI is InChI=1S/C14H20O5S.C11H15NO3/c1-5-8-17-13-14(2,3)11-9-10(19-20(4,15)16)6-7-12(11)18-13;1-8(2)14-9-6-4-5-7-10(9)15-11(13)12-3/h6-7,9,13H,5,8H2,1-4H3;4-8H,1-3H3,(H,12,13). The Hall–Kier alpha value is -2.98. The number of amides is 1. The van der Waals surface area contributed by atoms with Crippen molar-refractivity contribution in [3.05, 3.63) is 48.0 Å². The van der Waals surface area contributed by atoms with E-state index in [9.17, 15) is 13.2 Å². The lowest BCUT2D eigenvalue weighted by molar-refractivity contribution is -0.102. The number of rotatable bonds is 8. The van der Waals surface area contributed by atoms with Gasteiger partial charge < -0.3 is 28.4 Å². The molecule has 0 aliphatic carbocycles. The zero-order chi connectivity index (χ0) is 26.2. The largest absolute Gasteiger partial charge is 0.487 e. The van der Waals surface area contributed by atoms with Gasteiger partial charge in [0.05, 0.1) is 24.4 Å². The topological polar surface area (TPSA) is 109 Å². The van der Waals surface area contributed by atoms with Crippen LogP contribution < -0.4 is 23.7 Å². The van der Waals surface area contributed by atoms with Crippen LogP contribution in [-0.2, 0) is 20.3 Å². The van der Waals surface area contributed by atoms with Gasteiger partial charge in [-0.05, 0) is 64.4 Å². The lowest BCUT2D eigenvalue weighted by Gasteiger charge is -2.25. The molecule has 1 aliphatic heterocycles. The summed E-state index contributed by atoms with van der Waals surface area (Å²) in [4.78, 5) is 11.0. The molecule has 1 aliphatic rings. The third-order valence-corrected chi connectivity index (χ3v) is 5.30. The predicted molar refractivity (Wildman–Crippen MR) is 133 cm³/mol. The highest BCUT2D eigenvalue weighted by atomic mass is 32.2. The van der Waals surface area contributed by atoms with E-state index >= 15 is 0 Å². The molecule has 0 aromatic heterocycles. The van der Waals surface area contributed by atoms with Crippen LogP contribution in [0.2, 0.25) is 0 Å². The molecule has 0 radical (unpaired) electrons. The third-order valence-electron chi connectivity index (χ3n) is 4.81. The quantitative estimate of drug-likeness (QED) is 0.513. The summed E-state index contributed by atoms with van der Waals surface area (Å²) >= 11 is 0. The normalized spacial score (nSPS) is 15.8. The summed E-state index contributed by atoms with van der Waals surface area (Å²) in [5, 5.41) is 2.38. The Bertz CT molecular complexity index is 1100. The molecular weight excluding hydrogens is 474 g/mol. The molecule has 0 fully saturated rings. The predicted octanol–water partition coefficient (Wildman–Crippen LogP) is 4.64. The van der Waals surface area contributed by atoms with Crippen LogP contribution in [0.25, 0.3) is 0 Å². The average molecular weight is 510 g/mol. The summed E-state index contributed by atoms with van der Waals surface area (Å²) in [6.45, 7) is 10.5. The first kappa shape index (κ1) is 28.3. The molecule has 1 amide bonds. The number of hydrogen-bond donors (Lipinski definition) is 1. The Labute approximate surface area is 207 Å². The van der Waals surface area contributed by atoms with Crippen molar-refractivity contribution in [2.75, 3.05) is 19.9 Å². The van der Waals surface area contributed by atoms with Crippen molar-refractivity contribution in [3.8, 4) is 23.0 Å². The average Bonchev–Trinajstić information content (AvgIpc) is 3.02. The van der Waals surface area contributed by atoms with Gasteiger partial charge >= 0.3 is 16.2 Å². The molecule has 1 unspecified atom stereocenters. The molecule has 1 atom stereocenters. The van der Waals surface area contributed by atoms with Crippen molar-refractivity contribution >= 4 is 16.2 Å². The second-order valence-corrected chi connectivity index (χ2v) is 10.3. The Morgan fingerprint density at radius 1 is 1.14 bits per heavy atom. The van der Waals surface area contributed by atoms with Crippen LogP contribution in [0.15, 0.2) is 42.5 Å². The van der Waals surface area contributed by atoms with Crippen molar-refractivity contribution in [1.82, 2.24) is 5.32 Å². The smallest absolute Gasteiger partial charge is 0.412 e. The van der Waals surface area contributed by atoms with Crippen molar-refractivity contribution in [2.45, 2.75) is 58.8 Å². The van der Waals surface area contributed by atoms with Crippen LogP contribution in [0.4, 0.5) is 4.79 Å². The molecule has 3 rings (SSSR count). The van der Waals surface area contributed by atoms with Gasteiger partial charge in [0.25, 0.3) is 0 Å². The zero-order valence-electron chi connectivity index (χ0n) is 21.3. The van der Waals surface area contributed by atoms with Gasteiger partial charge in [-0.25, -0.2) is 4.79 Å². The van der Waals surface area contributed by atoms with Crippen LogP contribution in [-0.4, -0.2) is 46.8 Å². The van der Waals surface area contributed by atoms with E-state index in [4.69, 9.17) is 23.1 Å². The zero-order valence-corrected chi connectivity index (χ0v) is 22.1. The summed E-state index contributed by atoms with van der Waals surface area (Å²) in [5.74, 6) is 1.98. The van der Waals surface area contributed by atoms with E-state index in [0.29, 0.717) is 29.6 Å². The van der Waals surface area contributed by atoms with Crippen LogP contribution in [0.5, 0.6) is 23.0 Å². The first-order chi connectivity index (χ1) is 16.4. The highest BCUT2D eigenvalue weighted by Crippen LogP contribution is 2.44. The molecule has 2 aromatic carbocycles. The maximum absolute atomic E-state index is 11.2. The van der Waals surface area contributed by atoms with Crippen LogP contribution in [0, 0.1) is 0 Å². The highest BCUT2D eigenvalue weighted by molar-refractivity contribution is 7.86. The molecule has 0 saturated carbocycles. The molecule has 1 heterocycles. The van der Waals surface area contributed by atoms with E-state index < -0.39 is 16.2 Å². The highest BCUT2D eigenvalue weighted by Gasteiger charge is 2.42. The Morgan fingerprint density at radius 3 is 2.37 bits per heavy atom. The van der Waals surface area contributed by atoms with E-state index in [-0.39, 0.29) is 17.8 Å². The van der Waals surface area contributed by atoms with Crippen molar-refractivity contribution in [3.63, 3.8) is 0 Å². The van der Waals surface area contributed by atoms with E-state index in [1.807, 2.05) is 40.7 Å². The molecule has 194 valence electrons. The van der Waals surface area contributed by atoms with E-state index in [2.05, 4.69) is 5.32 Å². The van der Waals surface area contributed by atoms with Gasteiger partial charge in [0.2, 0.25) is 6.29 Å². The molecule has 9 nitrogen and oxygen atoms in total. The maximum atomic E-state index is 11.2. The fraction of sp³-hybridized carbons (Fsp3) is 0.480. The fourth-order valence-electron chi connectivity index (χ4n) is 3.24. The number of carbonyl (C=O) groups is 1. The minimum atomic E-state index is -3.53. The Balaban J connectivity index is 0.000000258. The van der Waals surface area contributed by atoms with Gasteiger partial charge in [0, 0.05) is 12.6 Å². The van der Waals surface area contributed by atoms with E-state index in [1.54, 1.807) is 36.4 Å². The molecule has 35 heavy (non-hydrogen) atoms. The van der Waals surface area contributed by atoms with Gasteiger partial charge in [0.1, 0.15) is 11.5 Å². The number of carbonyl (C=O) groups excluding carboxylic acids is 1. The van der Waals surface area contributed by atoms with Crippen LogP contribution >= 0.6 is 0 Å². The summed E-state index contributed by atoms with van der Waals surface area (Å²) in [6.07, 6.45) is 1.10. The fourth-order valence-corrected chi connectivity index (χ4v) is 3.69. The first-order valence-corrected chi connectivity index (χ1v) is 13.2. The lowest BCUT2D eigenvalue weighted by Crippen LogP contribution is -2.34. The number of para-hydroxylation sites is 2. The summed E-state index contributed by atoms with van der Waals surface area (Å²) < 4.78 is 49.3. The SMILES string of the molecule is CCCOC1Oc2ccc(OS(C)(=O)=O)cc2C1(C)C.CNC(=O)Oc1ccccc1OC(C)C. The lowest BCUT2D eigenvalue weighted by atomic mass is 9.85. The molecular formula is C25H35NO8S. The molecule has 10 heteroatoms. The minimum Gasteiger partial charge on any atom is -0.487 e. The maximum Gasteiger partial charge on any atom is 0.412 e. The van der Waals surface area contributed by atoms with Crippen LogP contribution in [0.1, 0.15) is 46.6 Å². The first-order valence-electron chi connectivity index (χ1n) is 11.3. The monoisotopic (exact) mass is 509 g/mol. The third kappa shape index (κ3) is 8.32. The number of nitrogens with one attached hydrogen (secondary N) is 1. The molecule has 2 aromatic rings. The Kier molecular flexibility index (Phi) is 9.79. The molecule has 0 saturated heterocycles. The van der Waals surface area contributed by atoms with Crippen molar-refractivity contribution in [1.29, 1.82) is 0 Å². The van der Waals surface area contributed by atoms with Gasteiger partial charge in [0.15, 0.2) is 11.5 Å². The van der Waals surface area contributed by atoms with Gasteiger partial charge in [-0.2, -0.15) is 8.42 Å². The van der Waals surface area contributed by atoms with E-state index in [0.717, 1.165) is 18.2 Å². The van der Waals surface area contributed by atoms with Crippen molar-refractivity contribution < 1.29 is 36.3 Å². The van der Waals surface area contributed by atoms with E-state index in [1.165, 1.54) is 7.05 Å². The second-order valence-electron chi connectivity index (χ2n) is 8.74. The summed E-state index contributed by atoms with van der Waals surface area (Å²) in [7, 11) is -2.02. The molecule has 0 bridgehead atoms. The van der Waals surface area contributed by atoms with Gasteiger partial charge in [-0.3, -0.25) is 0 Å². The number of hydrogen-bond acceptors (Lipinski definition) is 8.